The Morgan fingerprint density at radius 3 is 2.49 bits per heavy atom. The lowest BCUT2D eigenvalue weighted by Gasteiger charge is -2.25. The molecule has 0 saturated carbocycles. The Morgan fingerprint density at radius 1 is 1.12 bits per heavy atom. The number of nitrogens with one attached hydrogen (secondary N) is 1. The van der Waals surface area contributed by atoms with E-state index in [0.717, 1.165) is 16.8 Å². The van der Waals surface area contributed by atoms with Crippen molar-refractivity contribution >= 4 is 23.4 Å². The maximum absolute atomic E-state index is 13.9. The van der Waals surface area contributed by atoms with Crippen LogP contribution < -0.4 is 26.2 Å². The first-order valence-corrected chi connectivity index (χ1v) is 13.7. The minimum absolute atomic E-state index is 0.0135. The molecule has 1 atom stereocenters. The van der Waals surface area contributed by atoms with Gasteiger partial charge in [0.1, 0.15) is 17.7 Å². The second-order valence-electron chi connectivity index (χ2n) is 10.2. The summed E-state index contributed by atoms with van der Waals surface area (Å²) in [6.45, 7) is 3.88. The fraction of sp³-hybridized carbons (Fsp3) is 0.219. The number of non-ortho nitro benzene ring substituents is 1. The topological polar surface area (TPSA) is 132 Å². The van der Waals surface area contributed by atoms with Crippen LogP contribution in [0.5, 0.6) is 5.75 Å². The molecule has 1 aromatic heterocycles. The third-order valence-corrected chi connectivity index (χ3v) is 7.06. The minimum Gasteiger partial charge on any atom is -0.489 e. The van der Waals surface area contributed by atoms with E-state index in [9.17, 15) is 19.7 Å². The quantitative estimate of drug-likeness (QED) is 0.181. The fourth-order valence-electron chi connectivity index (χ4n) is 4.91. The van der Waals surface area contributed by atoms with Gasteiger partial charge in [-0.25, -0.2) is 9.79 Å². The van der Waals surface area contributed by atoms with Gasteiger partial charge in [0.05, 0.1) is 28.8 Å². The van der Waals surface area contributed by atoms with E-state index in [1.807, 2.05) is 55.4 Å². The molecule has 1 aliphatic heterocycles. The molecular weight excluding hydrogens is 550 g/mol. The predicted octanol–water partition coefficient (Wildman–Crippen LogP) is 3.62. The first-order chi connectivity index (χ1) is 20.7. The Hall–Kier alpha value is -5.45. The molecule has 1 unspecified atom stereocenters. The van der Waals surface area contributed by atoms with Crippen LogP contribution in [0.4, 0.5) is 11.4 Å². The number of nitrogens with zero attached hydrogens (tertiary/aromatic N) is 4. The van der Waals surface area contributed by atoms with E-state index < -0.39 is 16.9 Å². The summed E-state index contributed by atoms with van der Waals surface area (Å²) in [5.41, 5.74) is 3.99. The first kappa shape index (κ1) is 29.1. The van der Waals surface area contributed by atoms with Crippen LogP contribution in [0.15, 0.2) is 93.9 Å². The lowest BCUT2D eigenvalue weighted by molar-refractivity contribution is -0.384. The van der Waals surface area contributed by atoms with Crippen molar-refractivity contribution in [3.63, 3.8) is 0 Å². The highest BCUT2D eigenvalue weighted by atomic mass is 16.6. The normalized spacial score (nSPS) is 14.6. The first-order valence-electron chi connectivity index (χ1n) is 13.7. The van der Waals surface area contributed by atoms with E-state index in [-0.39, 0.29) is 24.5 Å². The van der Waals surface area contributed by atoms with Crippen molar-refractivity contribution in [3.05, 3.63) is 132 Å². The van der Waals surface area contributed by atoms with Gasteiger partial charge in [0.2, 0.25) is 5.62 Å². The molecule has 4 aromatic rings. The Morgan fingerprint density at radius 2 is 1.84 bits per heavy atom. The standard InChI is InChI=1S/C32H31N5O6/c1-5-42-31(39)28-20(2)33-32-34-27(30(38)36(32)29(28)23-11-15-24(16-12-23)35(3)4)18-22-7-6-8-26(17-22)43-19-21-9-13-25(14-10-21)37(40)41/h6-18,29H,5,19H2,1-4H3,(H,33,34). The number of aromatic amines is 1. The average Bonchev–Trinajstić information content (AvgIpc) is 3.29. The SMILES string of the molecule is CCOC(=O)C1=C(C)N=c2[nH]c(=Cc3cccc(OCc4ccc([N+](=O)[O-])cc4)c3)c(=O)n2C1c1ccc(N(C)C)cc1. The van der Waals surface area contributed by atoms with E-state index in [1.165, 1.54) is 16.7 Å². The molecule has 3 aromatic carbocycles. The van der Waals surface area contributed by atoms with Crippen LogP contribution in [0.2, 0.25) is 0 Å². The highest BCUT2D eigenvalue weighted by Gasteiger charge is 2.33. The lowest BCUT2D eigenvalue weighted by atomic mass is 9.95. The molecule has 0 saturated heterocycles. The molecule has 43 heavy (non-hydrogen) atoms. The van der Waals surface area contributed by atoms with Gasteiger partial charge in [-0.15, -0.1) is 0 Å². The largest absolute Gasteiger partial charge is 0.489 e. The number of hydrogen-bond acceptors (Lipinski definition) is 8. The predicted molar refractivity (Wildman–Crippen MR) is 162 cm³/mol. The molecule has 5 rings (SSSR count). The van der Waals surface area contributed by atoms with Crippen LogP contribution >= 0.6 is 0 Å². The second kappa shape index (κ2) is 12.2. The van der Waals surface area contributed by atoms with Crippen LogP contribution in [0.1, 0.15) is 36.6 Å². The molecule has 0 fully saturated rings. The summed E-state index contributed by atoms with van der Waals surface area (Å²) in [5.74, 6) is 0.0433. The molecule has 0 radical (unpaired) electrons. The summed E-state index contributed by atoms with van der Waals surface area (Å²) in [4.78, 5) is 47.1. The number of imidazole rings is 1. The number of nitro groups is 1. The number of ether oxygens (including phenoxy) is 2. The van der Waals surface area contributed by atoms with Crippen molar-refractivity contribution in [2.75, 3.05) is 25.6 Å². The molecule has 0 bridgehead atoms. The fourth-order valence-corrected chi connectivity index (χ4v) is 4.91. The number of rotatable bonds is 9. The van der Waals surface area contributed by atoms with Crippen molar-refractivity contribution in [2.45, 2.75) is 26.5 Å². The summed E-state index contributed by atoms with van der Waals surface area (Å²) in [7, 11) is 3.88. The number of aromatic nitrogens is 2. The van der Waals surface area contributed by atoms with Crippen molar-refractivity contribution in [3.8, 4) is 5.75 Å². The molecule has 0 spiro atoms. The van der Waals surface area contributed by atoms with E-state index in [4.69, 9.17) is 9.47 Å². The van der Waals surface area contributed by atoms with Crippen molar-refractivity contribution in [1.82, 2.24) is 9.55 Å². The van der Waals surface area contributed by atoms with Gasteiger partial charge in [0, 0.05) is 31.9 Å². The summed E-state index contributed by atoms with van der Waals surface area (Å²) in [6.07, 6.45) is 1.70. The number of carbonyl (C=O) groups is 1. The van der Waals surface area contributed by atoms with E-state index in [0.29, 0.717) is 33.6 Å². The number of allylic oxidation sites excluding steroid dienone is 1. The van der Waals surface area contributed by atoms with Gasteiger partial charge in [-0.3, -0.25) is 19.5 Å². The van der Waals surface area contributed by atoms with E-state index in [1.54, 1.807) is 44.2 Å². The molecule has 11 nitrogen and oxygen atoms in total. The minimum atomic E-state index is -0.731. The smallest absolute Gasteiger partial charge is 0.338 e. The Kier molecular flexibility index (Phi) is 8.24. The van der Waals surface area contributed by atoms with Crippen LogP contribution in [0, 0.1) is 10.1 Å². The van der Waals surface area contributed by atoms with Crippen molar-refractivity contribution in [1.29, 1.82) is 0 Å². The number of esters is 1. The summed E-state index contributed by atoms with van der Waals surface area (Å²) < 4.78 is 12.8. The van der Waals surface area contributed by atoms with Crippen molar-refractivity contribution in [2.24, 2.45) is 4.99 Å². The maximum Gasteiger partial charge on any atom is 0.338 e. The van der Waals surface area contributed by atoms with Gasteiger partial charge in [-0.1, -0.05) is 24.3 Å². The zero-order chi connectivity index (χ0) is 30.7. The van der Waals surface area contributed by atoms with Crippen molar-refractivity contribution < 1.29 is 19.2 Å². The number of nitro benzene ring substituents is 1. The monoisotopic (exact) mass is 581 g/mol. The Labute approximate surface area is 247 Å². The molecule has 1 N–H and O–H groups in total. The zero-order valence-electron chi connectivity index (χ0n) is 24.2. The Bertz CT molecular complexity index is 1890. The molecule has 0 amide bonds. The number of carbonyl (C=O) groups excluding carboxylic acids is 1. The van der Waals surface area contributed by atoms with E-state index in [2.05, 4.69) is 9.98 Å². The molecule has 0 aliphatic carbocycles. The molecule has 1 aliphatic rings. The second-order valence-corrected chi connectivity index (χ2v) is 10.2. The highest BCUT2D eigenvalue weighted by molar-refractivity contribution is 5.91. The number of anilines is 1. The van der Waals surface area contributed by atoms with Crippen LogP contribution in [-0.2, 0) is 16.1 Å². The van der Waals surface area contributed by atoms with Gasteiger partial charge in [0.15, 0.2) is 0 Å². The average molecular weight is 582 g/mol. The van der Waals surface area contributed by atoms with Gasteiger partial charge >= 0.3 is 5.97 Å². The summed E-state index contributed by atoms with van der Waals surface area (Å²) in [6, 6.07) is 20.3. The number of fused-ring (bicyclic) bond motifs is 1. The van der Waals surface area contributed by atoms with Crippen LogP contribution in [0.25, 0.3) is 6.08 Å². The summed E-state index contributed by atoms with van der Waals surface area (Å²) in [5, 5.41) is 11.2. The maximum atomic E-state index is 13.9. The molecule has 2 heterocycles. The summed E-state index contributed by atoms with van der Waals surface area (Å²) >= 11 is 0. The van der Waals surface area contributed by atoms with Crippen LogP contribution in [-0.4, -0.2) is 41.1 Å². The highest BCUT2D eigenvalue weighted by Crippen LogP contribution is 2.31. The lowest BCUT2D eigenvalue weighted by Crippen LogP contribution is -2.40. The number of H-pyrrole nitrogens is 1. The van der Waals surface area contributed by atoms with Crippen LogP contribution in [0.3, 0.4) is 0 Å². The molecular formula is C32H31N5O6. The Balaban J connectivity index is 1.50. The van der Waals surface area contributed by atoms with Gasteiger partial charge in [-0.05, 0) is 73.0 Å². The third kappa shape index (κ3) is 6.10. The number of hydrogen-bond donors (Lipinski definition) is 1. The number of benzene rings is 3. The van der Waals surface area contributed by atoms with Gasteiger partial charge in [0.25, 0.3) is 11.2 Å². The van der Waals surface area contributed by atoms with Gasteiger partial charge < -0.3 is 19.4 Å². The molecule has 11 heteroatoms. The zero-order valence-corrected chi connectivity index (χ0v) is 24.2. The van der Waals surface area contributed by atoms with Gasteiger partial charge in [-0.2, -0.15) is 0 Å². The van der Waals surface area contributed by atoms with E-state index >= 15 is 0 Å². The third-order valence-electron chi connectivity index (χ3n) is 7.06. The molecule has 220 valence electrons.